The quantitative estimate of drug-likeness (QED) is 0.381. The number of rotatable bonds is 7. The van der Waals surface area contributed by atoms with Crippen LogP contribution in [0.2, 0.25) is 0 Å². The summed E-state index contributed by atoms with van der Waals surface area (Å²) in [7, 11) is 0. The summed E-state index contributed by atoms with van der Waals surface area (Å²) in [5, 5.41) is 9.40. The fourth-order valence-corrected chi connectivity index (χ4v) is 4.57. The molecule has 0 saturated carbocycles. The maximum atomic E-state index is 4.97. The first-order valence-electron chi connectivity index (χ1n) is 11.8. The van der Waals surface area contributed by atoms with E-state index >= 15 is 0 Å². The molecule has 5 heteroatoms. The maximum absolute atomic E-state index is 4.97. The van der Waals surface area contributed by atoms with Crippen LogP contribution in [0.15, 0.2) is 73.6 Å². The van der Waals surface area contributed by atoms with Crippen LogP contribution in [0.1, 0.15) is 31.7 Å². The van der Waals surface area contributed by atoms with Gasteiger partial charge in [-0.2, -0.15) is 5.10 Å². The fourth-order valence-electron chi connectivity index (χ4n) is 4.57. The Hall–Kier alpha value is -3.60. The number of piperazine rings is 1. The molecule has 4 aromatic rings. The van der Waals surface area contributed by atoms with Crippen molar-refractivity contribution < 1.29 is 0 Å². The number of allylic oxidation sites excluding steroid dienone is 1. The van der Waals surface area contributed by atoms with Gasteiger partial charge in [0.25, 0.3) is 0 Å². The number of fused-ring (bicyclic) bond motifs is 2. The summed E-state index contributed by atoms with van der Waals surface area (Å²) < 4.78 is 0. The van der Waals surface area contributed by atoms with Crippen molar-refractivity contribution in [3.63, 3.8) is 0 Å². The zero-order valence-electron chi connectivity index (χ0n) is 19.3. The minimum absolute atomic E-state index is 0.959. The minimum Gasteiger partial charge on any atom is -0.372 e. The van der Waals surface area contributed by atoms with E-state index in [4.69, 9.17) is 4.98 Å². The number of unbranched alkanes of at least 4 members (excludes halogenated alkanes) is 1. The number of nitrogens with zero attached hydrogens (tertiary/aromatic N) is 4. The molecule has 0 radical (unpaired) electrons. The van der Waals surface area contributed by atoms with Crippen LogP contribution < -0.4 is 0 Å². The van der Waals surface area contributed by atoms with Gasteiger partial charge in [-0.3, -0.25) is 5.10 Å². The number of hydrogen-bond donors (Lipinski definition) is 1. The molecule has 0 spiro atoms. The van der Waals surface area contributed by atoms with Gasteiger partial charge in [0.15, 0.2) is 0 Å². The van der Waals surface area contributed by atoms with Crippen LogP contribution in [-0.4, -0.2) is 51.2 Å². The lowest BCUT2D eigenvalue weighted by Crippen LogP contribution is -2.44. The number of nitrogens with one attached hydrogen (secondary N) is 1. The van der Waals surface area contributed by atoms with Crippen LogP contribution in [0.3, 0.4) is 0 Å². The lowest BCUT2D eigenvalue weighted by molar-refractivity contribution is 0.209. The Bertz CT molecular complexity index is 1310. The maximum Gasteiger partial charge on any atom is 0.0716 e. The highest BCUT2D eigenvalue weighted by Crippen LogP contribution is 2.27. The van der Waals surface area contributed by atoms with Crippen LogP contribution in [0, 0.1) is 0 Å². The van der Waals surface area contributed by atoms with Gasteiger partial charge in [-0.1, -0.05) is 56.8 Å². The van der Waals surface area contributed by atoms with Crippen LogP contribution in [0.25, 0.3) is 38.8 Å². The van der Waals surface area contributed by atoms with Crippen molar-refractivity contribution in [1.82, 2.24) is 25.0 Å². The van der Waals surface area contributed by atoms with Crippen molar-refractivity contribution in [2.24, 2.45) is 0 Å². The third kappa shape index (κ3) is 4.36. The lowest BCUT2D eigenvalue weighted by atomic mass is 10.0. The van der Waals surface area contributed by atoms with Gasteiger partial charge in [-0.05, 0) is 36.6 Å². The number of aromatic amines is 1. The molecule has 0 atom stereocenters. The molecule has 1 aliphatic heterocycles. The number of hydrogen-bond acceptors (Lipinski definition) is 4. The Morgan fingerprint density at radius 3 is 2.52 bits per heavy atom. The van der Waals surface area contributed by atoms with Crippen LogP contribution in [0.5, 0.6) is 0 Å². The van der Waals surface area contributed by atoms with Crippen molar-refractivity contribution in [3.05, 3.63) is 79.1 Å². The van der Waals surface area contributed by atoms with Gasteiger partial charge in [0.2, 0.25) is 0 Å². The normalized spacial score (nSPS) is 14.2. The van der Waals surface area contributed by atoms with Crippen molar-refractivity contribution >= 4 is 27.5 Å². The van der Waals surface area contributed by atoms with E-state index in [2.05, 4.69) is 88.6 Å². The van der Waals surface area contributed by atoms with Gasteiger partial charge < -0.3 is 9.80 Å². The Balaban J connectivity index is 1.33. The van der Waals surface area contributed by atoms with Gasteiger partial charge >= 0.3 is 0 Å². The SMILES string of the molecule is C=C(CCCC)N1CCN(C(=C)c2ccc3ccc(-c4ccc5cn[nH]c5c4)nc3c2)CC1. The van der Waals surface area contributed by atoms with Gasteiger partial charge in [0, 0.05) is 53.9 Å². The molecule has 33 heavy (non-hydrogen) atoms. The second kappa shape index (κ2) is 9.10. The molecule has 2 aromatic carbocycles. The summed E-state index contributed by atoms with van der Waals surface area (Å²) in [4.78, 5) is 9.80. The largest absolute Gasteiger partial charge is 0.372 e. The summed E-state index contributed by atoms with van der Waals surface area (Å²) in [5.41, 5.74) is 7.53. The molecular formula is C28H31N5. The van der Waals surface area contributed by atoms with Crippen molar-refractivity contribution in [2.75, 3.05) is 26.2 Å². The highest BCUT2D eigenvalue weighted by molar-refractivity contribution is 5.87. The van der Waals surface area contributed by atoms with Gasteiger partial charge in [0.1, 0.15) is 0 Å². The molecule has 1 saturated heterocycles. The zero-order chi connectivity index (χ0) is 22.8. The average Bonchev–Trinajstić information content (AvgIpc) is 3.34. The molecule has 1 aliphatic rings. The third-order valence-electron chi connectivity index (χ3n) is 6.69. The van der Waals surface area contributed by atoms with Gasteiger partial charge in [-0.15, -0.1) is 0 Å². The second-order valence-electron chi connectivity index (χ2n) is 8.87. The first kappa shape index (κ1) is 21.3. The zero-order valence-corrected chi connectivity index (χ0v) is 19.3. The molecule has 0 unspecified atom stereocenters. The van der Waals surface area contributed by atoms with E-state index in [-0.39, 0.29) is 0 Å². The molecule has 0 bridgehead atoms. The van der Waals surface area contributed by atoms with Gasteiger partial charge in [-0.25, -0.2) is 4.98 Å². The fraction of sp³-hybridized carbons (Fsp3) is 0.286. The molecule has 0 aliphatic carbocycles. The van der Waals surface area contributed by atoms with Crippen molar-refractivity contribution in [2.45, 2.75) is 26.2 Å². The number of aromatic nitrogens is 3. The minimum atomic E-state index is 0.959. The number of benzene rings is 2. The number of pyridine rings is 1. The first-order chi connectivity index (χ1) is 16.1. The van der Waals surface area contributed by atoms with Gasteiger partial charge in [0.05, 0.1) is 22.9 Å². The molecule has 5 nitrogen and oxygen atoms in total. The Morgan fingerprint density at radius 1 is 0.939 bits per heavy atom. The predicted molar refractivity (Wildman–Crippen MR) is 138 cm³/mol. The average molecular weight is 438 g/mol. The Kier molecular flexibility index (Phi) is 5.86. The van der Waals surface area contributed by atoms with Crippen LogP contribution in [0.4, 0.5) is 0 Å². The lowest BCUT2D eigenvalue weighted by Gasteiger charge is -2.39. The van der Waals surface area contributed by atoms with Crippen molar-refractivity contribution in [3.8, 4) is 11.3 Å². The predicted octanol–water partition coefficient (Wildman–Crippen LogP) is 6.07. The molecule has 1 N–H and O–H groups in total. The Morgan fingerprint density at radius 2 is 1.70 bits per heavy atom. The van der Waals surface area contributed by atoms with E-state index in [1.807, 2.05) is 6.20 Å². The molecule has 5 rings (SSSR count). The summed E-state index contributed by atoms with van der Waals surface area (Å²) in [6.45, 7) is 14.9. The molecule has 2 aromatic heterocycles. The van der Waals surface area contributed by atoms with Crippen molar-refractivity contribution in [1.29, 1.82) is 0 Å². The topological polar surface area (TPSA) is 48.0 Å². The summed E-state index contributed by atoms with van der Waals surface area (Å²) >= 11 is 0. The summed E-state index contributed by atoms with van der Waals surface area (Å²) in [6.07, 6.45) is 5.37. The second-order valence-corrected chi connectivity index (χ2v) is 8.87. The highest BCUT2D eigenvalue weighted by atomic mass is 15.3. The van der Waals surface area contributed by atoms with E-state index in [1.54, 1.807) is 0 Å². The smallest absolute Gasteiger partial charge is 0.0716 e. The molecule has 168 valence electrons. The number of H-pyrrole nitrogens is 1. The first-order valence-corrected chi connectivity index (χ1v) is 11.8. The highest BCUT2D eigenvalue weighted by Gasteiger charge is 2.19. The standard InChI is InChI=1S/C28H31N5/c1-4-5-6-20(2)32-13-15-33(16-14-32)21(3)23-8-7-22-11-12-26(30-27(22)17-23)24-9-10-25-19-29-31-28(25)18-24/h7-12,17-19H,2-6,13-16H2,1H3,(H,29,31). The monoisotopic (exact) mass is 437 g/mol. The van der Waals surface area contributed by atoms with E-state index in [0.29, 0.717) is 0 Å². The van der Waals surface area contributed by atoms with Crippen LogP contribution >= 0.6 is 0 Å². The third-order valence-corrected chi connectivity index (χ3v) is 6.69. The molecular weight excluding hydrogens is 406 g/mol. The molecule has 0 amide bonds. The van der Waals surface area contributed by atoms with E-state index in [9.17, 15) is 0 Å². The van der Waals surface area contributed by atoms with E-state index < -0.39 is 0 Å². The summed E-state index contributed by atoms with van der Waals surface area (Å²) in [6, 6.07) is 17.0. The molecule has 1 fully saturated rings. The van der Waals surface area contributed by atoms with E-state index in [1.165, 1.54) is 18.5 Å². The Labute approximate surface area is 195 Å². The van der Waals surface area contributed by atoms with E-state index in [0.717, 1.165) is 76.9 Å². The molecule has 3 heterocycles. The van der Waals surface area contributed by atoms with Crippen LogP contribution in [-0.2, 0) is 0 Å². The summed E-state index contributed by atoms with van der Waals surface area (Å²) in [5.74, 6) is 0.